The van der Waals surface area contributed by atoms with Crippen LogP contribution >= 0.6 is 0 Å². The molecule has 0 aliphatic carbocycles. The molecule has 6 nitrogen and oxygen atoms in total. The van der Waals surface area contributed by atoms with Crippen LogP contribution in [-0.4, -0.2) is 44.7 Å². The van der Waals surface area contributed by atoms with Gasteiger partial charge in [0.15, 0.2) is 0 Å². The highest BCUT2D eigenvalue weighted by Crippen LogP contribution is 2.09. The number of ether oxygens (including phenoxy) is 1. The molecular formula is C16H25N3O3. The minimum absolute atomic E-state index is 0.0602. The van der Waals surface area contributed by atoms with Gasteiger partial charge in [-0.05, 0) is 44.5 Å². The Hall–Kier alpha value is -2.08. The van der Waals surface area contributed by atoms with Gasteiger partial charge in [0.1, 0.15) is 0 Å². The maximum absolute atomic E-state index is 11.9. The van der Waals surface area contributed by atoms with Crippen LogP contribution in [0, 0.1) is 0 Å². The quantitative estimate of drug-likeness (QED) is 0.602. The lowest BCUT2D eigenvalue weighted by atomic mass is 10.2. The van der Waals surface area contributed by atoms with Crippen molar-refractivity contribution in [1.82, 2.24) is 10.6 Å². The number of benzene rings is 1. The summed E-state index contributed by atoms with van der Waals surface area (Å²) >= 11 is 0. The molecular weight excluding hydrogens is 282 g/mol. The van der Waals surface area contributed by atoms with Crippen molar-refractivity contribution in [1.29, 1.82) is 0 Å². The average molecular weight is 307 g/mol. The fourth-order valence-corrected chi connectivity index (χ4v) is 1.82. The van der Waals surface area contributed by atoms with Gasteiger partial charge in [0.25, 0.3) is 5.91 Å². The Bertz CT molecular complexity index is 472. The fraction of sp³-hybridized carbons (Fsp3) is 0.500. The van der Waals surface area contributed by atoms with Crippen LogP contribution in [0.5, 0.6) is 0 Å². The Morgan fingerprint density at radius 1 is 1.18 bits per heavy atom. The van der Waals surface area contributed by atoms with Gasteiger partial charge < -0.3 is 20.7 Å². The SMILES string of the molecule is COCCCNC(=O)c1ccc(NCC(=O)NC(C)C)cc1. The third kappa shape index (κ3) is 7.08. The van der Waals surface area contributed by atoms with Gasteiger partial charge >= 0.3 is 0 Å². The Morgan fingerprint density at radius 2 is 1.86 bits per heavy atom. The summed E-state index contributed by atoms with van der Waals surface area (Å²) < 4.78 is 4.92. The predicted molar refractivity (Wildman–Crippen MR) is 87.0 cm³/mol. The molecule has 0 aromatic heterocycles. The molecule has 0 aliphatic heterocycles. The first-order chi connectivity index (χ1) is 10.5. The van der Waals surface area contributed by atoms with Gasteiger partial charge in [-0.15, -0.1) is 0 Å². The van der Waals surface area contributed by atoms with Crippen molar-refractivity contribution in [2.45, 2.75) is 26.3 Å². The zero-order valence-electron chi connectivity index (χ0n) is 13.4. The molecule has 0 saturated carbocycles. The Kier molecular flexibility index (Phi) is 7.99. The predicted octanol–water partition coefficient (Wildman–Crippen LogP) is 1.39. The molecule has 1 aromatic carbocycles. The third-order valence-corrected chi connectivity index (χ3v) is 2.86. The first-order valence-electron chi connectivity index (χ1n) is 7.43. The van der Waals surface area contributed by atoms with Crippen molar-refractivity contribution in [3.05, 3.63) is 29.8 Å². The van der Waals surface area contributed by atoms with Gasteiger partial charge in [0.2, 0.25) is 5.91 Å². The molecule has 2 amide bonds. The summed E-state index contributed by atoms with van der Waals surface area (Å²) in [6, 6.07) is 7.15. The van der Waals surface area contributed by atoms with E-state index >= 15 is 0 Å². The fourth-order valence-electron chi connectivity index (χ4n) is 1.82. The van der Waals surface area contributed by atoms with E-state index in [0.717, 1.165) is 12.1 Å². The van der Waals surface area contributed by atoms with Gasteiger partial charge in [-0.3, -0.25) is 9.59 Å². The van der Waals surface area contributed by atoms with Crippen LogP contribution in [0.15, 0.2) is 24.3 Å². The number of rotatable bonds is 9. The van der Waals surface area contributed by atoms with E-state index in [-0.39, 0.29) is 24.4 Å². The number of anilines is 1. The van der Waals surface area contributed by atoms with Crippen LogP contribution in [-0.2, 0) is 9.53 Å². The molecule has 0 heterocycles. The number of amides is 2. The number of methoxy groups -OCH3 is 1. The van der Waals surface area contributed by atoms with E-state index < -0.39 is 0 Å². The van der Waals surface area contributed by atoms with Crippen LogP contribution < -0.4 is 16.0 Å². The zero-order valence-corrected chi connectivity index (χ0v) is 13.4. The van der Waals surface area contributed by atoms with Crippen LogP contribution in [0.2, 0.25) is 0 Å². The van der Waals surface area contributed by atoms with Crippen LogP contribution in [0.4, 0.5) is 5.69 Å². The minimum atomic E-state index is -0.111. The highest BCUT2D eigenvalue weighted by Gasteiger charge is 2.06. The molecule has 0 aliphatic rings. The van der Waals surface area contributed by atoms with Crippen LogP contribution in [0.3, 0.4) is 0 Å². The molecule has 0 radical (unpaired) electrons. The highest BCUT2D eigenvalue weighted by atomic mass is 16.5. The Balaban J connectivity index is 2.39. The molecule has 0 fully saturated rings. The topological polar surface area (TPSA) is 79.5 Å². The first-order valence-corrected chi connectivity index (χ1v) is 7.43. The molecule has 22 heavy (non-hydrogen) atoms. The molecule has 0 saturated heterocycles. The first kappa shape index (κ1) is 18.0. The standard InChI is InChI=1S/C16H25N3O3/c1-12(2)19-15(20)11-18-14-7-5-13(6-8-14)16(21)17-9-4-10-22-3/h5-8,12,18H,4,9-11H2,1-3H3,(H,17,21)(H,19,20). The van der Waals surface area contributed by atoms with E-state index in [1.165, 1.54) is 0 Å². The summed E-state index contributed by atoms with van der Waals surface area (Å²) in [5, 5.41) is 8.64. The smallest absolute Gasteiger partial charge is 0.251 e. The summed E-state index contributed by atoms with van der Waals surface area (Å²) in [4.78, 5) is 23.4. The van der Waals surface area contributed by atoms with Gasteiger partial charge in [0, 0.05) is 37.6 Å². The second kappa shape index (κ2) is 9.78. The highest BCUT2D eigenvalue weighted by molar-refractivity contribution is 5.94. The van der Waals surface area contributed by atoms with Crippen LogP contribution in [0.1, 0.15) is 30.6 Å². The van der Waals surface area contributed by atoms with Gasteiger partial charge in [-0.2, -0.15) is 0 Å². The van der Waals surface area contributed by atoms with E-state index in [1.54, 1.807) is 31.4 Å². The largest absolute Gasteiger partial charge is 0.385 e. The summed E-state index contributed by atoms with van der Waals surface area (Å²) in [6.07, 6.45) is 0.785. The number of hydrogen-bond acceptors (Lipinski definition) is 4. The molecule has 6 heteroatoms. The van der Waals surface area contributed by atoms with Crippen molar-refractivity contribution in [3.63, 3.8) is 0 Å². The van der Waals surface area contributed by atoms with Gasteiger partial charge in [0.05, 0.1) is 6.54 Å². The monoisotopic (exact) mass is 307 g/mol. The summed E-state index contributed by atoms with van der Waals surface area (Å²) in [6.45, 7) is 5.25. The van der Waals surface area contributed by atoms with E-state index in [4.69, 9.17) is 4.74 Å². The normalized spacial score (nSPS) is 10.4. The second-order valence-electron chi connectivity index (χ2n) is 5.26. The molecule has 0 unspecified atom stereocenters. The van der Waals surface area contributed by atoms with E-state index in [9.17, 15) is 9.59 Å². The molecule has 0 spiro atoms. The number of nitrogens with one attached hydrogen (secondary N) is 3. The molecule has 3 N–H and O–H groups in total. The summed E-state index contributed by atoms with van der Waals surface area (Å²) in [5.41, 5.74) is 1.39. The molecule has 0 atom stereocenters. The minimum Gasteiger partial charge on any atom is -0.385 e. The number of carbonyl (C=O) groups is 2. The molecule has 0 bridgehead atoms. The van der Waals surface area contributed by atoms with Crippen molar-refractivity contribution < 1.29 is 14.3 Å². The molecule has 122 valence electrons. The lowest BCUT2D eigenvalue weighted by Gasteiger charge is -2.10. The number of hydrogen-bond donors (Lipinski definition) is 3. The lowest BCUT2D eigenvalue weighted by Crippen LogP contribution is -2.34. The number of carbonyl (C=O) groups excluding carboxylic acids is 2. The van der Waals surface area contributed by atoms with E-state index in [0.29, 0.717) is 18.7 Å². The van der Waals surface area contributed by atoms with Crippen molar-refractivity contribution in [2.24, 2.45) is 0 Å². The van der Waals surface area contributed by atoms with Crippen molar-refractivity contribution in [2.75, 3.05) is 32.1 Å². The third-order valence-electron chi connectivity index (χ3n) is 2.86. The maximum Gasteiger partial charge on any atom is 0.251 e. The molecule has 1 aromatic rings. The second-order valence-corrected chi connectivity index (χ2v) is 5.26. The summed E-state index contributed by atoms with van der Waals surface area (Å²) in [7, 11) is 1.63. The summed E-state index contributed by atoms with van der Waals surface area (Å²) in [5.74, 6) is -0.171. The average Bonchev–Trinajstić information content (AvgIpc) is 2.49. The maximum atomic E-state index is 11.9. The van der Waals surface area contributed by atoms with Crippen molar-refractivity contribution in [3.8, 4) is 0 Å². The van der Waals surface area contributed by atoms with E-state index in [2.05, 4.69) is 16.0 Å². The Labute approximate surface area is 131 Å². The Morgan fingerprint density at radius 3 is 2.45 bits per heavy atom. The van der Waals surface area contributed by atoms with Crippen LogP contribution in [0.25, 0.3) is 0 Å². The lowest BCUT2D eigenvalue weighted by molar-refractivity contribution is -0.119. The van der Waals surface area contributed by atoms with Crippen molar-refractivity contribution >= 4 is 17.5 Å². The van der Waals surface area contributed by atoms with E-state index in [1.807, 2.05) is 13.8 Å². The van der Waals surface area contributed by atoms with Gasteiger partial charge in [-0.25, -0.2) is 0 Å². The zero-order chi connectivity index (χ0) is 16.4. The molecule has 1 rings (SSSR count). The van der Waals surface area contributed by atoms with Gasteiger partial charge in [-0.1, -0.05) is 0 Å².